The minimum atomic E-state index is 0.0610. The Hall–Kier alpha value is -1.46. The van der Waals surface area contributed by atoms with E-state index in [9.17, 15) is 4.79 Å². The number of fused-ring (bicyclic) bond motifs is 1. The molecule has 1 saturated heterocycles. The molecule has 1 saturated carbocycles. The van der Waals surface area contributed by atoms with Crippen LogP contribution >= 0.6 is 0 Å². The van der Waals surface area contributed by atoms with Crippen LogP contribution in [0.4, 0.5) is 0 Å². The van der Waals surface area contributed by atoms with Gasteiger partial charge >= 0.3 is 0 Å². The van der Waals surface area contributed by atoms with E-state index in [-0.39, 0.29) is 12.0 Å². The molecular formula is C16H21N3O2. The van der Waals surface area contributed by atoms with Gasteiger partial charge in [-0.05, 0) is 25.8 Å². The molecule has 0 aromatic carbocycles. The molecule has 1 aliphatic carbocycles. The number of nitrogens with zero attached hydrogens (tertiary/aromatic N) is 2. The number of carbonyl (C=O) groups is 1. The van der Waals surface area contributed by atoms with Crippen LogP contribution < -0.4 is 5.32 Å². The van der Waals surface area contributed by atoms with Gasteiger partial charge in [0, 0.05) is 48.9 Å². The molecule has 1 atom stereocenters. The van der Waals surface area contributed by atoms with Crippen LogP contribution in [0.2, 0.25) is 0 Å². The summed E-state index contributed by atoms with van der Waals surface area (Å²) in [6, 6.07) is 1.99. The van der Waals surface area contributed by atoms with Crippen molar-refractivity contribution in [1.29, 1.82) is 0 Å². The van der Waals surface area contributed by atoms with Gasteiger partial charge in [-0.3, -0.25) is 14.7 Å². The van der Waals surface area contributed by atoms with Gasteiger partial charge < -0.3 is 10.1 Å². The number of hydrogen-bond donors (Lipinski definition) is 1. The van der Waals surface area contributed by atoms with Crippen LogP contribution in [0.1, 0.15) is 53.0 Å². The SMILES string of the molecule is C[C@@H]1CN(Cc2cc3c(c(C4CC4)n2)CNC3=O)CCO1. The lowest BCUT2D eigenvalue weighted by Gasteiger charge is -2.30. The summed E-state index contributed by atoms with van der Waals surface area (Å²) < 4.78 is 5.58. The number of hydrogen-bond acceptors (Lipinski definition) is 4. The van der Waals surface area contributed by atoms with Gasteiger partial charge in [0.05, 0.1) is 18.4 Å². The van der Waals surface area contributed by atoms with Crippen molar-refractivity contribution in [2.45, 2.75) is 44.9 Å². The Morgan fingerprint density at radius 1 is 1.48 bits per heavy atom. The van der Waals surface area contributed by atoms with Gasteiger partial charge in [-0.1, -0.05) is 0 Å². The van der Waals surface area contributed by atoms with E-state index in [1.165, 1.54) is 18.5 Å². The molecule has 0 spiro atoms. The molecule has 2 aliphatic heterocycles. The highest BCUT2D eigenvalue weighted by atomic mass is 16.5. The maximum atomic E-state index is 12.0. The summed E-state index contributed by atoms with van der Waals surface area (Å²) in [6.45, 7) is 6.22. The molecule has 21 heavy (non-hydrogen) atoms. The van der Waals surface area contributed by atoms with Crippen LogP contribution in [0.5, 0.6) is 0 Å². The lowest BCUT2D eigenvalue weighted by atomic mass is 10.0. The monoisotopic (exact) mass is 287 g/mol. The first-order chi connectivity index (χ1) is 10.2. The minimum Gasteiger partial charge on any atom is -0.376 e. The van der Waals surface area contributed by atoms with Gasteiger partial charge in [-0.25, -0.2) is 0 Å². The molecule has 5 heteroatoms. The summed E-state index contributed by atoms with van der Waals surface area (Å²) in [4.78, 5) is 19.2. The molecule has 1 aromatic heterocycles. The average molecular weight is 287 g/mol. The van der Waals surface area contributed by atoms with Crippen LogP contribution in [-0.4, -0.2) is 41.6 Å². The van der Waals surface area contributed by atoms with Crippen LogP contribution in [0.3, 0.4) is 0 Å². The standard InChI is InChI=1S/C16H21N3O2/c1-10-8-19(4-5-21-10)9-12-6-13-14(7-17-16(13)20)15(18-12)11-2-3-11/h6,10-11H,2-5,7-9H2,1H3,(H,17,20)/t10-/m1/s1. The number of nitrogens with one attached hydrogen (secondary N) is 1. The maximum Gasteiger partial charge on any atom is 0.252 e. The summed E-state index contributed by atoms with van der Waals surface area (Å²) in [5.41, 5.74) is 4.19. The number of carbonyl (C=O) groups excluding carboxylic acids is 1. The van der Waals surface area contributed by atoms with Crippen molar-refractivity contribution in [3.05, 3.63) is 28.6 Å². The molecule has 4 rings (SSSR count). The number of morpholine rings is 1. The second-order valence-electron chi connectivity index (χ2n) is 6.40. The molecule has 1 aromatic rings. The molecule has 3 heterocycles. The predicted molar refractivity (Wildman–Crippen MR) is 78.1 cm³/mol. The molecule has 1 amide bonds. The lowest BCUT2D eigenvalue weighted by molar-refractivity contribution is -0.0216. The zero-order chi connectivity index (χ0) is 14.4. The number of ether oxygens (including phenoxy) is 1. The number of amides is 1. The van der Waals surface area contributed by atoms with E-state index in [0.717, 1.165) is 43.1 Å². The van der Waals surface area contributed by atoms with Crippen molar-refractivity contribution in [2.75, 3.05) is 19.7 Å². The van der Waals surface area contributed by atoms with Crippen LogP contribution in [0.25, 0.3) is 0 Å². The second-order valence-corrected chi connectivity index (χ2v) is 6.40. The Balaban J connectivity index is 1.61. The first kappa shape index (κ1) is 13.2. The molecule has 2 fully saturated rings. The predicted octanol–water partition coefficient (Wildman–Crippen LogP) is 1.42. The van der Waals surface area contributed by atoms with Crippen molar-refractivity contribution in [3.8, 4) is 0 Å². The van der Waals surface area contributed by atoms with E-state index in [2.05, 4.69) is 17.1 Å². The Morgan fingerprint density at radius 3 is 3.10 bits per heavy atom. The Kier molecular flexibility index (Phi) is 3.19. The zero-order valence-corrected chi connectivity index (χ0v) is 12.4. The lowest BCUT2D eigenvalue weighted by Crippen LogP contribution is -2.40. The Labute approximate surface area is 124 Å². The normalized spacial score (nSPS) is 25.8. The van der Waals surface area contributed by atoms with Crippen molar-refractivity contribution < 1.29 is 9.53 Å². The molecular weight excluding hydrogens is 266 g/mol. The van der Waals surface area contributed by atoms with E-state index < -0.39 is 0 Å². The number of pyridine rings is 1. The molecule has 0 radical (unpaired) electrons. The van der Waals surface area contributed by atoms with Gasteiger partial charge in [0.15, 0.2) is 0 Å². The van der Waals surface area contributed by atoms with Gasteiger partial charge in [-0.15, -0.1) is 0 Å². The summed E-state index contributed by atoms with van der Waals surface area (Å²) in [7, 11) is 0. The van der Waals surface area contributed by atoms with Crippen LogP contribution in [-0.2, 0) is 17.8 Å². The highest BCUT2D eigenvalue weighted by molar-refractivity contribution is 5.98. The summed E-state index contributed by atoms with van der Waals surface area (Å²) in [5, 5.41) is 2.93. The molecule has 112 valence electrons. The number of aromatic nitrogens is 1. The summed E-state index contributed by atoms with van der Waals surface area (Å²) in [5.74, 6) is 0.640. The van der Waals surface area contributed by atoms with Gasteiger partial charge in [0.1, 0.15) is 0 Å². The van der Waals surface area contributed by atoms with Gasteiger partial charge in [0.2, 0.25) is 0 Å². The van der Waals surface area contributed by atoms with Gasteiger partial charge in [0.25, 0.3) is 5.91 Å². The molecule has 3 aliphatic rings. The van der Waals surface area contributed by atoms with Crippen molar-refractivity contribution >= 4 is 5.91 Å². The summed E-state index contributed by atoms with van der Waals surface area (Å²) >= 11 is 0. The van der Waals surface area contributed by atoms with E-state index in [0.29, 0.717) is 12.5 Å². The van der Waals surface area contributed by atoms with E-state index in [1.54, 1.807) is 0 Å². The minimum absolute atomic E-state index is 0.0610. The quantitative estimate of drug-likeness (QED) is 0.913. The van der Waals surface area contributed by atoms with E-state index in [4.69, 9.17) is 9.72 Å². The van der Waals surface area contributed by atoms with Crippen molar-refractivity contribution in [1.82, 2.24) is 15.2 Å². The highest BCUT2D eigenvalue weighted by Gasteiger charge is 2.33. The topological polar surface area (TPSA) is 54.5 Å². The highest BCUT2D eigenvalue weighted by Crippen LogP contribution is 2.42. The fraction of sp³-hybridized carbons (Fsp3) is 0.625. The van der Waals surface area contributed by atoms with Crippen molar-refractivity contribution in [2.24, 2.45) is 0 Å². The largest absolute Gasteiger partial charge is 0.376 e. The molecule has 0 bridgehead atoms. The molecule has 1 N–H and O–H groups in total. The van der Waals surface area contributed by atoms with Gasteiger partial charge in [-0.2, -0.15) is 0 Å². The maximum absolute atomic E-state index is 12.0. The average Bonchev–Trinajstić information content (AvgIpc) is 3.24. The Morgan fingerprint density at radius 2 is 2.33 bits per heavy atom. The number of rotatable bonds is 3. The molecule has 0 unspecified atom stereocenters. The third-order valence-electron chi connectivity index (χ3n) is 4.55. The fourth-order valence-corrected chi connectivity index (χ4v) is 3.34. The third-order valence-corrected chi connectivity index (χ3v) is 4.55. The van der Waals surface area contributed by atoms with Crippen molar-refractivity contribution in [3.63, 3.8) is 0 Å². The Bertz CT molecular complexity index is 583. The first-order valence-electron chi connectivity index (χ1n) is 7.85. The fourth-order valence-electron chi connectivity index (χ4n) is 3.34. The van der Waals surface area contributed by atoms with E-state index >= 15 is 0 Å². The first-order valence-corrected chi connectivity index (χ1v) is 7.85. The van der Waals surface area contributed by atoms with E-state index in [1.807, 2.05) is 6.07 Å². The molecule has 5 nitrogen and oxygen atoms in total. The second kappa shape index (κ2) is 5.07. The zero-order valence-electron chi connectivity index (χ0n) is 12.4. The third kappa shape index (κ3) is 2.56. The smallest absolute Gasteiger partial charge is 0.252 e. The van der Waals surface area contributed by atoms with Crippen LogP contribution in [0, 0.1) is 0 Å². The summed E-state index contributed by atoms with van der Waals surface area (Å²) in [6.07, 6.45) is 2.71. The van der Waals surface area contributed by atoms with Crippen LogP contribution in [0.15, 0.2) is 6.07 Å².